The van der Waals surface area contributed by atoms with E-state index in [1.807, 2.05) is 4.90 Å². The van der Waals surface area contributed by atoms with Gasteiger partial charge < -0.3 is 15.2 Å². The standard InChI is InChI=1S/C14H23N3O/c1-11-10-13(12(2)16-11)4-5-14(18)17-8-3-6-15-7-9-17/h10,15-16H,3-9H2,1-2H3. The van der Waals surface area contributed by atoms with Crippen molar-refractivity contribution in [3.63, 3.8) is 0 Å². The molecule has 1 amide bonds. The Balaban J connectivity index is 1.85. The van der Waals surface area contributed by atoms with E-state index in [9.17, 15) is 4.79 Å². The first-order valence-electron chi connectivity index (χ1n) is 6.80. The van der Waals surface area contributed by atoms with Crippen molar-refractivity contribution in [1.82, 2.24) is 15.2 Å². The van der Waals surface area contributed by atoms with Gasteiger partial charge in [-0.05, 0) is 44.9 Å². The second-order valence-electron chi connectivity index (χ2n) is 5.09. The van der Waals surface area contributed by atoms with Gasteiger partial charge in [-0.15, -0.1) is 0 Å². The maximum atomic E-state index is 12.1. The van der Waals surface area contributed by atoms with Gasteiger partial charge in [-0.3, -0.25) is 4.79 Å². The van der Waals surface area contributed by atoms with Gasteiger partial charge in [-0.1, -0.05) is 0 Å². The van der Waals surface area contributed by atoms with E-state index in [-0.39, 0.29) is 5.91 Å². The Kier molecular flexibility index (Phi) is 4.42. The van der Waals surface area contributed by atoms with Crippen LogP contribution in [0.1, 0.15) is 29.8 Å². The van der Waals surface area contributed by atoms with Gasteiger partial charge in [0, 0.05) is 37.4 Å². The molecular formula is C14H23N3O. The first kappa shape index (κ1) is 13.1. The first-order chi connectivity index (χ1) is 8.66. The Morgan fingerprint density at radius 2 is 2.17 bits per heavy atom. The molecule has 2 N–H and O–H groups in total. The minimum atomic E-state index is 0.289. The smallest absolute Gasteiger partial charge is 0.222 e. The molecule has 0 spiro atoms. The molecule has 4 heteroatoms. The number of rotatable bonds is 3. The third-order valence-corrected chi connectivity index (χ3v) is 3.56. The predicted octanol–water partition coefficient (Wildman–Crippen LogP) is 1.39. The lowest BCUT2D eigenvalue weighted by atomic mass is 10.1. The van der Waals surface area contributed by atoms with Crippen LogP contribution in [0, 0.1) is 13.8 Å². The maximum Gasteiger partial charge on any atom is 0.222 e. The van der Waals surface area contributed by atoms with Gasteiger partial charge in [0.15, 0.2) is 0 Å². The Morgan fingerprint density at radius 3 is 2.89 bits per heavy atom. The van der Waals surface area contributed by atoms with Gasteiger partial charge in [0.05, 0.1) is 0 Å². The van der Waals surface area contributed by atoms with Crippen LogP contribution in [-0.2, 0) is 11.2 Å². The summed E-state index contributed by atoms with van der Waals surface area (Å²) in [6.07, 6.45) is 2.53. The first-order valence-corrected chi connectivity index (χ1v) is 6.80. The fourth-order valence-corrected chi connectivity index (χ4v) is 2.54. The van der Waals surface area contributed by atoms with Crippen LogP contribution in [0.3, 0.4) is 0 Å². The topological polar surface area (TPSA) is 48.1 Å². The van der Waals surface area contributed by atoms with Crippen molar-refractivity contribution in [2.75, 3.05) is 26.2 Å². The van der Waals surface area contributed by atoms with Crippen LogP contribution in [0.25, 0.3) is 0 Å². The molecule has 1 aliphatic heterocycles. The molecule has 2 heterocycles. The average molecular weight is 249 g/mol. The summed E-state index contributed by atoms with van der Waals surface area (Å²) in [6.45, 7) is 7.83. The normalized spacial score (nSPS) is 16.7. The molecule has 18 heavy (non-hydrogen) atoms. The van der Waals surface area contributed by atoms with Crippen molar-refractivity contribution in [3.8, 4) is 0 Å². The Morgan fingerprint density at radius 1 is 1.33 bits per heavy atom. The number of aryl methyl sites for hydroxylation is 3. The van der Waals surface area contributed by atoms with E-state index in [2.05, 4.69) is 30.2 Å². The zero-order valence-corrected chi connectivity index (χ0v) is 11.4. The summed E-state index contributed by atoms with van der Waals surface area (Å²) in [6, 6.07) is 2.15. The highest BCUT2D eigenvalue weighted by molar-refractivity contribution is 5.76. The summed E-state index contributed by atoms with van der Waals surface area (Å²) in [4.78, 5) is 17.4. The van der Waals surface area contributed by atoms with Gasteiger partial charge in [0.1, 0.15) is 0 Å². The van der Waals surface area contributed by atoms with Crippen molar-refractivity contribution in [2.45, 2.75) is 33.1 Å². The number of nitrogens with zero attached hydrogens (tertiary/aromatic N) is 1. The second-order valence-corrected chi connectivity index (χ2v) is 5.09. The lowest BCUT2D eigenvalue weighted by molar-refractivity contribution is -0.130. The van der Waals surface area contributed by atoms with Crippen molar-refractivity contribution in [3.05, 3.63) is 23.0 Å². The summed E-state index contributed by atoms with van der Waals surface area (Å²) < 4.78 is 0. The fraction of sp³-hybridized carbons (Fsp3) is 0.643. The van der Waals surface area contributed by atoms with Gasteiger partial charge in [-0.2, -0.15) is 0 Å². The van der Waals surface area contributed by atoms with Gasteiger partial charge >= 0.3 is 0 Å². The SMILES string of the molecule is Cc1cc(CCC(=O)N2CCCNCC2)c(C)[nH]1. The molecule has 1 aromatic heterocycles. The molecule has 0 saturated carbocycles. The van der Waals surface area contributed by atoms with E-state index in [4.69, 9.17) is 0 Å². The zero-order valence-electron chi connectivity index (χ0n) is 11.4. The summed E-state index contributed by atoms with van der Waals surface area (Å²) in [5.74, 6) is 0.289. The molecule has 0 atom stereocenters. The van der Waals surface area contributed by atoms with Crippen molar-refractivity contribution >= 4 is 5.91 Å². The highest BCUT2D eigenvalue weighted by atomic mass is 16.2. The summed E-state index contributed by atoms with van der Waals surface area (Å²) >= 11 is 0. The number of H-pyrrole nitrogens is 1. The van der Waals surface area contributed by atoms with Crippen LogP contribution in [-0.4, -0.2) is 42.0 Å². The zero-order chi connectivity index (χ0) is 13.0. The number of aromatic nitrogens is 1. The number of hydrogen-bond acceptors (Lipinski definition) is 2. The molecule has 0 aliphatic carbocycles. The molecule has 0 unspecified atom stereocenters. The second kappa shape index (κ2) is 6.05. The number of carbonyl (C=O) groups is 1. The lowest BCUT2D eigenvalue weighted by Crippen LogP contribution is -2.34. The van der Waals surface area contributed by atoms with E-state index in [0.29, 0.717) is 6.42 Å². The monoisotopic (exact) mass is 249 g/mol. The summed E-state index contributed by atoms with van der Waals surface area (Å²) in [7, 11) is 0. The molecule has 0 radical (unpaired) electrons. The predicted molar refractivity (Wildman–Crippen MR) is 72.7 cm³/mol. The highest BCUT2D eigenvalue weighted by Crippen LogP contribution is 2.12. The van der Waals surface area contributed by atoms with Crippen LogP contribution in [0.4, 0.5) is 0 Å². The molecule has 1 aliphatic rings. The molecule has 2 rings (SSSR count). The van der Waals surface area contributed by atoms with Crippen LogP contribution < -0.4 is 5.32 Å². The van der Waals surface area contributed by atoms with E-state index < -0.39 is 0 Å². The molecule has 0 aromatic carbocycles. The number of carbonyl (C=O) groups excluding carboxylic acids is 1. The molecule has 0 bridgehead atoms. The van der Waals surface area contributed by atoms with Crippen molar-refractivity contribution in [2.24, 2.45) is 0 Å². The van der Waals surface area contributed by atoms with Crippen LogP contribution in [0.5, 0.6) is 0 Å². The minimum absolute atomic E-state index is 0.289. The van der Waals surface area contributed by atoms with Gasteiger partial charge in [-0.25, -0.2) is 0 Å². The summed E-state index contributed by atoms with van der Waals surface area (Å²) in [5, 5.41) is 3.32. The Bertz CT molecular complexity index is 403. The number of aromatic amines is 1. The molecule has 100 valence electrons. The van der Waals surface area contributed by atoms with Crippen molar-refractivity contribution < 1.29 is 4.79 Å². The van der Waals surface area contributed by atoms with Crippen LogP contribution in [0.2, 0.25) is 0 Å². The lowest BCUT2D eigenvalue weighted by Gasteiger charge is -2.19. The Hall–Kier alpha value is -1.29. The largest absolute Gasteiger partial charge is 0.362 e. The third-order valence-electron chi connectivity index (χ3n) is 3.56. The summed E-state index contributed by atoms with van der Waals surface area (Å²) in [5.41, 5.74) is 3.64. The van der Waals surface area contributed by atoms with E-state index in [1.54, 1.807) is 0 Å². The number of nitrogens with one attached hydrogen (secondary N) is 2. The van der Waals surface area contributed by atoms with E-state index in [0.717, 1.165) is 39.0 Å². The van der Waals surface area contributed by atoms with Gasteiger partial charge in [0.2, 0.25) is 5.91 Å². The average Bonchev–Trinajstić information content (AvgIpc) is 2.59. The molecule has 1 fully saturated rings. The number of amides is 1. The molecule has 1 aromatic rings. The van der Waals surface area contributed by atoms with E-state index >= 15 is 0 Å². The fourth-order valence-electron chi connectivity index (χ4n) is 2.54. The van der Waals surface area contributed by atoms with E-state index in [1.165, 1.54) is 17.0 Å². The minimum Gasteiger partial charge on any atom is -0.362 e. The quantitative estimate of drug-likeness (QED) is 0.850. The van der Waals surface area contributed by atoms with Gasteiger partial charge in [0.25, 0.3) is 0 Å². The maximum absolute atomic E-state index is 12.1. The third kappa shape index (κ3) is 3.35. The molecular weight excluding hydrogens is 226 g/mol. The molecule has 4 nitrogen and oxygen atoms in total. The van der Waals surface area contributed by atoms with Crippen LogP contribution in [0.15, 0.2) is 6.07 Å². The highest BCUT2D eigenvalue weighted by Gasteiger charge is 2.15. The Labute approximate surface area is 109 Å². The van der Waals surface area contributed by atoms with Crippen molar-refractivity contribution in [1.29, 1.82) is 0 Å². The number of hydrogen-bond donors (Lipinski definition) is 2. The van der Waals surface area contributed by atoms with Crippen LogP contribution >= 0.6 is 0 Å². The molecule has 1 saturated heterocycles.